The molecule has 0 atom stereocenters. The predicted molar refractivity (Wildman–Crippen MR) is 130 cm³/mol. The molecule has 0 radical (unpaired) electrons. The molecule has 0 bridgehead atoms. The molecule has 170 valence electrons. The van der Waals surface area contributed by atoms with E-state index in [4.69, 9.17) is 14.2 Å². The van der Waals surface area contributed by atoms with E-state index in [1.165, 1.54) is 21.3 Å². The standard InChI is InChI=1S/C26H25NO5S/c1-18-10-14-22(15-11-18)33(28,29)27-23-9-7-6-8-20(23)13-12-19(2)21-16-24(30-3)26(32-5)25(17-21)31-4/h6-11,14-17,27H,2H2,1,3-5H3. The molecule has 3 rings (SSSR count). The normalized spacial score (nSPS) is 10.5. The number of anilines is 1. The van der Waals surface area contributed by atoms with E-state index in [9.17, 15) is 8.42 Å². The molecule has 3 aromatic carbocycles. The molecular formula is C26H25NO5S. The Hall–Kier alpha value is -3.89. The Labute approximate surface area is 194 Å². The second kappa shape index (κ2) is 10.2. The van der Waals surface area contributed by atoms with Gasteiger partial charge in [-0.2, -0.15) is 0 Å². The minimum Gasteiger partial charge on any atom is -0.493 e. The molecule has 1 N–H and O–H groups in total. The molecule has 0 spiro atoms. The summed E-state index contributed by atoms with van der Waals surface area (Å²) >= 11 is 0. The monoisotopic (exact) mass is 463 g/mol. The molecule has 0 saturated carbocycles. The third-order valence-electron chi connectivity index (χ3n) is 4.86. The Balaban J connectivity index is 1.92. The van der Waals surface area contributed by atoms with Crippen LogP contribution in [-0.4, -0.2) is 29.7 Å². The summed E-state index contributed by atoms with van der Waals surface area (Å²) in [5.41, 5.74) is 3.07. The maximum Gasteiger partial charge on any atom is 0.261 e. The van der Waals surface area contributed by atoms with Crippen molar-refractivity contribution < 1.29 is 22.6 Å². The van der Waals surface area contributed by atoms with Gasteiger partial charge in [0.1, 0.15) is 0 Å². The molecule has 0 amide bonds. The second-order valence-electron chi connectivity index (χ2n) is 7.11. The number of ether oxygens (including phenoxy) is 3. The Bertz CT molecular complexity index is 1310. The Morgan fingerprint density at radius 2 is 1.52 bits per heavy atom. The van der Waals surface area contributed by atoms with Crippen LogP contribution in [0.1, 0.15) is 16.7 Å². The zero-order chi connectivity index (χ0) is 24.0. The lowest BCUT2D eigenvalue weighted by Crippen LogP contribution is -2.13. The van der Waals surface area contributed by atoms with Crippen LogP contribution in [0.5, 0.6) is 17.2 Å². The Morgan fingerprint density at radius 3 is 2.09 bits per heavy atom. The number of para-hydroxylation sites is 1. The molecule has 0 aliphatic heterocycles. The highest BCUT2D eigenvalue weighted by Gasteiger charge is 2.16. The molecular weight excluding hydrogens is 438 g/mol. The fourth-order valence-corrected chi connectivity index (χ4v) is 4.15. The van der Waals surface area contributed by atoms with Crippen molar-refractivity contribution in [1.82, 2.24) is 0 Å². The van der Waals surface area contributed by atoms with E-state index in [1.54, 1.807) is 60.7 Å². The second-order valence-corrected chi connectivity index (χ2v) is 8.79. The maximum absolute atomic E-state index is 12.8. The molecule has 6 nitrogen and oxygen atoms in total. The molecule has 0 aliphatic rings. The minimum absolute atomic E-state index is 0.178. The SMILES string of the molecule is C=C(C#Cc1ccccc1NS(=O)(=O)c1ccc(C)cc1)c1cc(OC)c(OC)c(OC)c1. The number of sulfonamides is 1. The zero-order valence-corrected chi connectivity index (χ0v) is 19.7. The van der Waals surface area contributed by atoms with Crippen LogP contribution in [0.25, 0.3) is 5.57 Å². The van der Waals surface area contributed by atoms with Crippen molar-refractivity contribution in [3.63, 3.8) is 0 Å². The zero-order valence-electron chi connectivity index (χ0n) is 18.9. The minimum atomic E-state index is -3.76. The van der Waals surface area contributed by atoms with E-state index in [2.05, 4.69) is 23.1 Å². The van der Waals surface area contributed by atoms with Gasteiger partial charge in [0.15, 0.2) is 11.5 Å². The van der Waals surface area contributed by atoms with Gasteiger partial charge in [-0.3, -0.25) is 4.72 Å². The first-order valence-electron chi connectivity index (χ1n) is 9.99. The molecule has 0 aromatic heterocycles. The van der Waals surface area contributed by atoms with Crippen molar-refractivity contribution in [2.75, 3.05) is 26.1 Å². The number of rotatable bonds is 7. The third-order valence-corrected chi connectivity index (χ3v) is 6.25. The van der Waals surface area contributed by atoms with E-state index < -0.39 is 10.0 Å². The molecule has 0 fully saturated rings. The quantitative estimate of drug-likeness (QED) is 0.505. The molecule has 0 heterocycles. The van der Waals surface area contributed by atoms with Crippen molar-refractivity contribution in [1.29, 1.82) is 0 Å². The van der Waals surface area contributed by atoms with Gasteiger partial charge in [-0.25, -0.2) is 8.42 Å². The van der Waals surface area contributed by atoms with Crippen LogP contribution in [0.4, 0.5) is 5.69 Å². The lowest BCUT2D eigenvalue weighted by Gasteiger charge is -2.13. The Morgan fingerprint density at radius 1 is 0.909 bits per heavy atom. The van der Waals surface area contributed by atoms with Gasteiger partial charge in [0.05, 0.1) is 31.9 Å². The van der Waals surface area contributed by atoms with Gasteiger partial charge in [-0.1, -0.05) is 48.2 Å². The summed E-state index contributed by atoms with van der Waals surface area (Å²) in [5, 5.41) is 0. The average molecular weight is 464 g/mol. The first kappa shape index (κ1) is 23.8. The number of benzene rings is 3. The first-order chi connectivity index (χ1) is 15.8. The molecule has 3 aromatic rings. The lowest BCUT2D eigenvalue weighted by atomic mass is 10.1. The maximum atomic E-state index is 12.8. The summed E-state index contributed by atoms with van der Waals surface area (Å²) in [6.07, 6.45) is 0. The highest BCUT2D eigenvalue weighted by atomic mass is 32.2. The number of nitrogens with one attached hydrogen (secondary N) is 1. The van der Waals surface area contributed by atoms with E-state index in [0.29, 0.717) is 39.6 Å². The van der Waals surface area contributed by atoms with Crippen molar-refractivity contribution >= 4 is 21.3 Å². The largest absolute Gasteiger partial charge is 0.493 e. The first-order valence-corrected chi connectivity index (χ1v) is 11.5. The number of aryl methyl sites for hydroxylation is 1. The molecule has 0 aliphatic carbocycles. The van der Waals surface area contributed by atoms with Gasteiger partial charge in [0.2, 0.25) is 5.75 Å². The van der Waals surface area contributed by atoms with Crippen LogP contribution in [0.3, 0.4) is 0 Å². The summed E-state index contributed by atoms with van der Waals surface area (Å²) in [5.74, 6) is 7.45. The summed E-state index contributed by atoms with van der Waals surface area (Å²) in [7, 11) is 0.842. The van der Waals surface area contributed by atoms with E-state index in [0.717, 1.165) is 5.56 Å². The smallest absolute Gasteiger partial charge is 0.261 e. The van der Waals surface area contributed by atoms with Gasteiger partial charge in [-0.05, 0) is 48.9 Å². The van der Waals surface area contributed by atoms with Crippen molar-refractivity contribution in [3.8, 4) is 29.1 Å². The van der Waals surface area contributed by atoms with Crippen LogP contribution >= 0.6 is 0 Å². The van der Waals surface area contributed by atoms with E-state index in [1.807, 2.05) is 6.92 Å². The highest BCUT2D eigenvalue weighted by Crippen LogP contribution is 2.39. The average Bonchev–Trinajstić information content (AvgIpc) is 2.82. The van der Waals surface area contributed by atoms with Gasteiger partial charge >= 0.3 is 0 Å². The van der Waals surface area contributed by atoms with Crippen molar-refractivity contribution in [2.45, 2.75) is 11.8 Å². The van der Waals surface area contributed by atoms with Gasteiger partial charge in [-0.15, -0.1) is 0 Å². The number of hydrogen-bond acceptors (Lipinski definition) is 5. The topological polar surface area (TPSA) is 73.9 Å². The number of allylic oxidation sites excluding steroid dienone is 1. The number of methoxy groups -OCH3 is 3. The highest BCUT2D eigenvalue weighted by molar-refractivity contribution is 7.92. The summed E-state index contributed by atoms with van der Waals surface area (Å²) in [4.78, 5) is 0.178. The molecule has 0 unspecified atom stereocenters. The number of hydrogen-bond donors (Lipinski definition) is 1. The van der Waals surface area contributed by atoms with Gasteiger partial charge in [0, 0.05) is 11.1 Å². The van der Waals surface area contributed by atoms with E-state index >= 15 is 0 Å². The van der Waals surface area contributed by atoms with Crippen molar-refractivity contribution in [3.05, 3.63) is 83.9 Å². The summed E-state index contributed by atoms with van der Waals surface area (Å²) < 4.78 is 44.4. The summed E-state index contributed by atoms with van der Waals surface area (Å²) in [6, 6.07) is 17.1. The van der Waals surface area contributed by atoms with Crippen molar-refractivity contribution in [2.24, 2.45) is 0 Å². The lowest BCUT2D eigenvalue weighted by molar-refractivity contribution is 0.324. The van der Waals surface area contributed by atoms with Crippen LogP contribution < -0.4 is 18.9 Å². The fraction of sp³-hybridized carbons (Fsp3) is 0.154. The fourth-order valence-electron chi connectivity index (χ4n) is 3.07. The molecule has 7 heteroatoms. The van der Waals surface area contributed by atoms with Gasteiger partial charge in [0.25, 0.3) is 10.0 Å². The Kier molecular flexibility index (Phi) is 7.31. The predicted octanol–water partition coefficient (Wildman–Crippen LogP) is 4.89. The van der Waals surface area contributed by atoms with Gasteiger partial charge < -0.3 is 14.2 Å². The van der Waals surface area contributed by atoms with Crippen LogP contribution in [0.2, 0.25) is 0 Å². The van der Waals surface area contributed by atoms with E-state index in [-0.39, 0.29) is 4.90 Å². The molecule has 0 saturated heterocycles. The molecule has 33 heavy (non-hydrogen) atoms. The van der Waals surface area contributed by atoms with Crippen LogP contribution in [0, 0.1) is 18.8 Å². The third kappa shape index (κ3) is 5.48. The van der Waals surface area contributed by atoms with Crippen LogP contribution in [0.15, 0.2) is 72.1 Å². The van der Waals surface area contributed by atoms with Crippen LogP contribution in [-0.2, 0) is 10.0 Å². The summed E-state index contributed by atoms with van der Waals surface area (Å²) in [6.45, 7) is 5.94.